The summed E-state index contributed by atoms with van der Waals surface area (Å²) in [5.41, 5.74) is 4.63. The van der Waals surface area contributed by atoms with Gasteiger partial charge >= 0.3 is 0 Å². The Balaban J connectivity index is 2.69. The third-order valence-electron chi connectivity index (χ3n) is 2.38. The van der Waals surface area contributed by atoms with Crippen molar-refractivity contribution in [2.45, 2.75) is 26.8 Å². The molecule has 0 aliphatic rings. The van der Waals surface area contributed by atoms with Crippen LogP contribution >= 0.6 is 12.2 Å². The van der Waals surface area contributed by atoms with E-state index >= 15 is 0 Å². The lowest BCUT2D eigenvalue weighted by atomic mass is 9.92. The Hall–Kier alpha value is -1.50. The van der Waals surface area contributed by atoms with Gasteiger partial charge in [0.1, 0.15) is 12.2 Å². The smallest absolute Gasteiger partial charge is 0.233 e. The van der Waals surface area contributed by atoms with Gasteiger partial charge in [-0.2, -0.15) is 5.10 Å². The molecule has 0 fully saturated rings. The molecule has 0 aliphatic heterocycles. The van der Waals surface area contributed by atoms with E-state index in [9.17, 15) is 4.79 Å². The van der Waals surface area contributed by atoms with E-state index in [1.807, 2.05) is 0 Å². The van der Waals surface area contributed by atoms with Gasteiger partial charge in [-0.15, -0.1) is 0 Å². The standard InChI is InChI=1S/C9H15N5OS/c1-5(6-11-4-12-14-6)13-8(15)9(2,3)7(10)16/h4-5H,1-3H3,(H2,10,16)(H,13,15)(H,11,12,14). The van der Waals surface area contributed by atoms with E-state index in [-0.39, 0.29) is 16.9 Å². The Labute approximate surface area is 99.0 Å². The molecular weight excluding hydrogens is 226 g/mol. The second-order valence-corrected chi connectivity index (χ2v) is 4.49. The fourth-order valence-corrected chi connectivity index (χ4v) is 1.07. The number of thiocarbonyl (C=S) groups is 1. The largest absolute Gasteiger partial charge is 0.392 e. The number of nitrogens with zero attached hydrogens (tertiary/aromatic N) is 2. The number of H-pyrrole nitrogens is 1. The van der Waals surface area contributed by atoms with Gasteiger partial charge in [0, 0.05) is 0 Å². The van der Waals surface area contributed by atoms with Gasteiger partial charge in [0.2, 0.25) is 5.91 Å². The van der Waals surface area contributed by atoms with Crippen molar-refractivity contribution in [1.29, 1.82) is 0 Å². The Morgan fingerprint density at radius 1 is 1.69 bits per heavy atom. The third kappa shape index (κ3) is 2.54. The van der Waals surface area contributed by atoms with Gasteiger partial charge in [-0.1, -0.05) is 12.2 Å². The van der Waals surface area contributed by atoms with Crippen LogP contribution in [0.2, 0.25) is 0 Å². The van der Waals surface area contributed by atoms with Crippen LogP contribution in [0.4, 0.5) is 0 Å². The number of nitrogens with one attached hydrogen (secondary N) is 2. The van der Waals surface area contributed by atoms with E-state index in [1.165, 1.54) is 6.33 Å². The summed E-state index contributed by atoms with van der Waals surface area (Å²) in [4.78, 5) is 16.0. The fraction of sp³-hybridized carbons (Fsp3) is 0.556. The number of carbonyl (C=O) groups excluding carboxylic acids is 1. The lowest BCUT2D eigenvalue weighted by Gasteiger charge is -2.23. The van der Waals surface area contributed by atoms with E-state index in [0.29, 0.717) is 5.82 Å². The van der Waals surface area contributed by atoms with Crippen molar-refractivity contribution in [1.82, 2.24) is 20.5 Å². The first kappa shape index (κ1) is 12.6. The maximum atomic E-state index is 11.9. The SMILES string of the molecule is CC(NC(=O)C(C)(C)C(N)=S)c1ncn[nH]1. The number of aromatic nitrogens is 3. The number of hydrogen-bond donors (Lipinski definition) is 3. The summed E-state index contributed by atoms with van der Waals surface area (Å²) in [5, 5.41) is 9.16. The minimum absolute atomic E-state index is 0.162. The highest BCUT2D eigenvalue weighted by molar-refractivity contribution is 7.80. The summed E-state index contributed by atoms with van der Waals surface area (Å²) in [6.45, 7) is 5.16. The highest BCUT2D eigenvalue weighted by Crippen LogP contribution is 2.17. The molecule has 0 bridgehead atoms. The van der Waals surface area contributed by atoms with Crippen LogP contribution in [0.1, 0.15) is 32.6 Å². The maximum Gasteiger partial charge on any atom is 0.233 e. The monoisotopic (exact) mass is 241 g/mol. The zero-order chi connectivity index (χ0) is 12.3. The zero-order valence-corrected chi connectivity index (χ0v) is 10.3. The molecule has 4 N–H and O–H groups in total. The van der Waals surface area contributed by atoms with Crippen molar-refractivity contribution in [2.24, 2.45) is 11.1 Å². The molecule has 1 rings (SSSR count). The highest BCUT2D eigenvalue weighted by atomic mass is 32.1. The molecule has 1 aromatic heterocycles. The minimum Gasteiger partial charge on any atom is -0.392 e. The molecule has 1 aromatic rings. The van der Waals surface area contributed by atoms with E-state index in [4.69, 9.17) is 18.0 Å². The first-order valence-corrected chi connectivity index (χ1v) is 5.22. The van der Waals surface area contributed by atoms with Gasteiger partial charge in [0.15, 0.2) is 0 Å². The summed E-state index contributed by atoms with van der Waals surface area (Å²) in [7, 11) is 0. The van der Waals surface area contributed by atoms with Crippen molar-refractivity contribution in [2.75, 3.05) is 0 Å². The first-order chi connectivity index (χ1) is 7.35. The molecule has 0 aliphatic carbocycles. The number of hydrogen-bond acceptors (Lipinski definition) is 4. The fourth-order valence-electron chi connectivity index (χ4n) is 0.981. The number of rotatable bonds is 4. The first-order valence-electron chi connectivity index (χ1n) is 4.82. The zero-order valence-electron chi connectivity index (χ0n) is 9.44. The molecule has 1 atom stereocenters. The second-order valence-electron chi connectivity index (χ2n) is 4.06. The molecule has 6 nitrogen and oxygen atoms in total. The number of nitrogens with two attached hydrogens (primary N) is 1. The molecule has 0 aromatic carbocycles. The van der Waals surface area contributed by atoms with Gasteiger partial charge in [-0.25, -0.2) is 4.98 Å². The molecule has 1 amide bonds. The minimum atomic E-state index is -0.871. The van der Waals surface area contributed by atoms with Gasteiger partial charge in [0.05, 0.1) is 16.4 Å². The van der Waals surface area contributed by atoms with Crippen LogP contribution in [0.3, 0.4) is 0 Å². The summed E-state index contributed by atoms with van der Waals surface area (Å²) in [5.74, 6) is 0.357. The van der Waals surface area contributed by atoms with E-state index < -0.39 is 5.41 Å². The third-order valence-corrected chi connectivity index (χ3v) is 2.89. The lowest BCUT2D eigenvalue weighted by Crippen LogP contribution is -2.45. The van der Waals surface area contributed by atoms with Crippen LogP contribution in [0.15, 0.2) is 6.33 Å². The van der Waals surface area contributed by atoms with Crippen molar-refractivity contribution >= 4 is 23.1 Å². The molecule has 88 valence electrons. The number of amides is 1. The summed E-state index contributed by atoms with van der Waals surface area (Å²) in [6.07, 6.45) is 1.39. The Bertz CT molecular complexity index is 387. The van der Waals surface area contributed by atoms with Crippen LogP contribution in [-0.2, 0) is 4.79 Å². The molecule has 1 heterocycles. The average Bonchev–Trinajstić information content (AvgIpc) is 2.69. The quantitative estimate of drug-likeness (QED) is 0.658. The highest BCUT2D eigenvalue weighted by Gasteiger charge is 2.32. The average molecular weight is 241 g/mol. The van der Waals surface area contributed by atoms with Crippen LogP contribution in [0, 0.1) is 5.41 Å². The van der Waals surface area contributed by atoms with E-state index in [1.54, 1.807) is 20.8 Å². The van der Waals surface area contributed by atoms with Gasteiger partial charge in [-0.3, -0.25) is 9.89 Å². The molecule has 0 saturated carbocycles. The van der Waals surface area contributed by atoms with Gasteiger partial charge < -0.3 is 11.1 Å². The van der Waals surface area contributed by atoms with Crippen LogP contribution in [0.5, 0.6) is 0 Å². The molecule has 1 unspecified atom stereocenters. The molecule has 16 heavy (non-hydrogen) atoms. The van der Waals surface area contributed by atoms with Crippen molar-refractivity contribution < 1.29 is 4.79 Å². The van der Waals surface area contributed by atoms with Crippen molar-refractivity contribution in [3.05, 3.63) is 12.2 Å². The van der Waals surface area contributed by atoms with Crippen molar-refractivity contribution in [3.8, 4) is 0 Å². The Morgan fingerprint density at radius 3 is 2.75 bits per heavy atom. The molecule has 0 saturated heterocycles. The van der Waals surface area contributed by atoms with Crippen LogP contribution in [-0.4, -0.2) is 26.1 Å². The maximum absolute atomic E-state index is 11.9. The summed E-state index contributed by atoms with van der Waals surface area (Å²) >= 11 is 4.84. The van der Waals surface area contributed by atoms with E-state index in [2.05, 4.69) is 20.5 Å². The molecular formula is C9H15N5OS. The number of carbonyl (C=O) groups is 1. The Kier molecular flexibility index (Phi) is 3.58. The predicted octanol–water partition coefficient (Wildman–Crippen LogP) is 0.294. The predicted molar refractivity (Wildman–Crippen MR) is 63.5 cm³/mol. The van der Waals surface area contributed by atoms with Gasteiger partial charge in [0.25, 0.3) is 0 Å². The van der Waals surface area contributed by atoms with Crippen LogP contribution < -0.4 is 11.1 Å². The molecule has 7 heteroatoms. The van der Waals surface area contributed by atoms with Crippen molar-refractivity contribution in [3.63, 3.8) is 0 Å². The molecule has 0 radical (unpaired) electrons. The Morgan fingerprint density at radius 2 is 2.31 bits per heavy atom. The topological polar surface area (TPSA) is 96.7 Å². The molecule has 0 spiro atoms. The van der Waals surface area contributed by atoms with E-state index in [0.717, 1.165) is 0 Å². The second kappa shape index (κ2) is 4.56. The summed E-state index contributed by atoms with van der Waals surface area (Å²) < 4.78 is 0. The number of aromatic amines is 1. The van der Waals surface area contributed by atoms with Gasteiger partial charge in [-0.05, 0) is 20.8 Å². The van der Waals surface area contributed by atoms with Crippen LogP contribution in [0.25, 0.3) is 0 Å². The summed E-state index contributed by atoms with van der Waals surface area (Å²) in [6, 6.07) is -0.261. The lowest BCUT2D eigenvalue weighted by molar-refractivity contribution is -0.126. The normalized spacial score (nSPS) is 13.2.